The molecule has 3 rings (SSSR count). The Kier molecular flexibility index (Phi) is 7.80. The van der Waals surface area contributed by atoms with Gasteiger partial charge in [0.1, 0.15) is 5.82 Å². The molecular formula is C21H32N6OS. The van der Waals surface area contributed by atoms with Crippen molar-refractivity contribution in [3.63, 3.8) is 0 Å². The van der Waals surface area contributed by atoms with Crippen LogP contribution in [0.25, 0.3) is 0 Å². The maximum atomic E-state index is 12.4. The van der Waals surface area contributed by atoms with Gasteiger partial charge in [-0.3, -0.25) is 9.56 Å². The fourth-order valence-electron chi connectivity index (χ4n) is 3.55. The van der Waals surface area contributed by atoms with Crippen LogP contribution in [-0.4, -0.2) is 51.6 Å². The quantitative estimate of drug-likeness (QED) is 0.310. The third-order valence-electron chi connectivity index (χ3n) is 5.10. The maximum absolute atomic E-state index is 12.4. The molecule has 8 heteroatoms. The number of rotatable bonds is 8. The molecule has 0 fully saturated rings. The van der Waals surface area contributed by atoms with Crippen molar-refractivity contribution in [1.29, 1.82) is 0 Å². The maximum Gasteiger partial charge on any atom is 0.345 e. The van der Waals surface area contributed by atoms with Crippen LogP contribution in [-0.2, 0) is 26.1 Å². The number of aromatic nitrogens is 3. The zero-order chi connectivity index (χ0) is 20.6. The first kappa shape index (κ1) is 21.5. The molecule has 7 nitrogen and oxygen atoms in total. The molecule has 158 valence electrons. The van der Waals surface area contributed by atoms with Crippen molar-refractivity contribution in [2.24, 2.45) is 4.99 Å². The highest BCUT2D eigenvalue weighted by atomic mass is 32.2. The molecule has 0 spiro atoms. The highest BCUT2D eigenvalue weighted by Gasteiger charge is 2.16. The summed E-state index contributed by atoms with van der Waals surface area (Å²) in [6.45, 7) is 5.77. The number of nitrogens with zero attached hydrogens (tertiary/aromatic N) is 5. The lowest BCUT2D eigenvalue weighted by Crippen LogP contribution is -2.38. The van der Waals surface area contributed by atoms with E-state index in [1.165, 1.54) is 10.5 Å². The van der Waals surface area contributed by atoms with Crippen LogP contribution in [0.2, 0.25) is 0 Å². The topological polar surface area (TPSA) is 67.5 Å². The van der Waals surface area contributed by atoms with Gasteiger partial charge in [0.25, 0.3) is 0 Å². The third-order valence-corrected chi connectivity index (χ3v) is 5.84. The Hall–Kier alpha value is -2.22. The van der Waals surface area contributed by atoms with Crippen LogP contribution in [0.1, 0.15) is 37.6 Å². The van der Waals surface area contributed by atoms with E-state index in [1.54, 1.807) is 16.4 Å². The molecule has 0 saturated heterocycles. The molecule has 29 heavy (non-hydrogen) atoms. The van der Waals surface area contributed by atoms with Crippen molar-refractivity contribution in [1.82, 2.24) is 24.6 Å². The Balaban J connectivity index is 1.55. The summed E-state index contributed by atoms with van der Waals surface area (Å²) < 4.78 is 3.44. The van der Waals surface area contributed by atoms with E-state index >= 15 is 0 Å². The van der Waals surface area contributed by atoms with Crippen LogP contribution in [0.4, 0.5) is 0 Å². The number of thioether (sulfide) groups is 1. The van der Waals surface area contributed by atoms with E-state index < -0.39 is 0 Å². The van der Waals surface area contributed by atoms with Crippen molar-refractivity contribution in [3.8, 4) is 0 Å². The zero-order valence-corrected chi connectivity index (χ0v) is 18.5. The van der Waals surface area contributed by atoms with Crippen molar-refractivity contribution in [2.45, 2.75) is 57.1 Å². The first-order chi connectivity index (χ1) is 14.1. The van der Waals surface area contributed by atoms with Crippen LogP contribution in [0.15, 0.2) is 38.9 Å². The summed E-state index contributed by atoms with van der Waals surface area (Å²) in [5.41, 5.74) is 1.28. The molecule has 0 bridgehead atoms. The molecule has 1 aliphatic rings. The van der Waals surface area contributed by atoms with E-state index in [2.05, 4.69) is 59.8 Å². The van der Waals surface area contributed by atoms with E-state index in [4.69, 9.17) is 4.99 Å². The summed E-state index contributed by atoms with van der Waals surface area (Å²) >= 11 is 1.75. The molecular weight excluding hydrogens is 384 g/mol. The molecule has 1 aliphatic heterocycles. The Morgan fingerprint density at radius 1 is 1.31 bits per heavy atom. The molecule has 2 aromatic rings. The predicted octanol–water partition coefficient (Wildman–Crippen LogP) is 2.59. The van der Waals surface area contributed by atoms with Crippen LogP contribution < -0.4 is 11.0 Å². The molecule has 1 aromatic heterocycles. The van der Waals surface area contributed by atoms with Crippen LogP contribution in [0, 0.1) is 0 Å². The van der Waals surface area contributed by atoms with Gasteiger partial charge in [0.15, 0.2) is 5.96 Å². The first-order valence-corrected chi connectivity index (χ1v) is 11.6. The molecule has 2 heterocycles. The highest BCUT2D eigenvalue weighted by molar-refractivity contribution is 7.98. The fraction of sp³-hybridized carbons (Fsp3) is 0.571. The minimum absolute atomic E-state index is 0.0291. The second-order valence-electron chi connectivity index (χ2n) is 7.32. The van der Waals surface area contributed by atoms with Crippen molar-refractivity contribution >= 4 is 17.7 Å². The van der Waals surface area contributed by atoms with Gasteiger partial charge in [-0.15, -0.1) is 11.8 Å². The monoisotopic (exact) mass is 416 g/mol. The Morgan fingerprint density at radius 3 is 2.79 bits per heavy atom. The van der Waals surface area contributed by atoms with Gasteiger partial charge >= 0.3 is 5.69 Å². The third kappa shape index (κ3) is 5.65. The summed E-state index contributed by atoms with van der Waals surface area (Å²) in [6, 6.07) is 8.64. The first-order valence-electron chi connectivity index (χ1n) is 10.4. The minimum Gasteiger partial charge on any atom is -0.357 e. The Labute approximate surface area is 177 Å². The minimum atomic E-state index is 0.0291. The van der Waals surface area contributed by atoms with Crippen molar-refractivity contribution in [3.05, 3.63) is 46.1 Å². The number of hydrogen-bond donors (Lipinski definition) is 1. The molecule has 0 atom stereocenters. The Morgan fingerprint density at radius 2 is 2.10 bits per heavy atom. The molecule has 0 amide bonds. The number of benzene rings is 1. The standard InChI is InChI=1S/C21H32N6OS/c1-4-22-20(25(2)16-17-9-11-18(29-3)12-10-17)23-13-7-15-27-21(28)26-14-6-5-8-19(26)24-27/h9-12H,4-8,13-16H2,1-3H3,(H,22,23). The van der Waals surface area contributed by atoms with Crippen molar-refractivity contribution < 1.29 is 0 Å². The number of guanidine groups is 1. The normalized spacial score (nSPS) is 14.0. The van der Waals surface area contributed by atoms with Gasteiger partial charge in [0.2, 0.25) is 0 Å². The Bertz CT molecular complexity index is 870. The van der Waals surface area contributed by atoms with Gasteiger partial charge in [0, 0.05) is 51.1 Å². The second-order valence-corrected chi connectivity index (χ2v) is 8.20. The van der Waals surface area contributed by atoms with Gasteiger partial charge in [-0.25, -0.2) is 9.48 Å². The van der Waals surface area contributed by atoms with Crippen LogP contribution >= 0.6 is 11.8 Å². The predicted molar refractivity (Wildman–Crippen MR) is 120 cm³/mol. The SMILES string of the molecule is CCNC(=NCCCn1nc2n(c1=O)CCCC2)N(C)Cc1ccc(SC)cc1. The van der Waals surface area contributed by atoms with Crippen LogP contribution in [0.5, 0.6) is 0 Å². The van der Waals surface area contributed by atoms with E-state index in [-0.39, 0.29) is 5.69 Å². The molecule has 0 radical (unpaired) electrons. The summed E-state index contributed by atoms with van der Waals surface area (Å²) in [6.07, 6.45) is 5.99. The van der Waals surface area contributed by atoms with Gasteiger partial charge < -0.3 is 10.2 Å². The fourth-order valence-corrected chi connectivity index (χ4v) is 3.96. The smallest absolute Gasteiger partial charge is 0.345 e. The second kappa shape index (κ2) is 10.5. The summed E-state index contributed by atoms with van der Waals surface area (Å²) in [5, 5.41) is 7.86. The summed E-state index contributed by atoms with van der Waals surface area (Å²) in [7, 11) is 2.05. The lowest BCUT2D eigenvalue weighted by Gasteiger charge is -2.22. The van der Waals surface area contributed by atoms with Crippen LogP contribution in [0.3, 0.4) is 0 Å². The van der Waals surface area contributed by atoms with Crippen molar-refractivity contribution in [2.75, 3.05) is 26.4 Å². The molecule has 0 unspecified atom stereocenters. The largest absolute Gasteiger partial charge is 0.357 e. The number of aliphatic imine (C=N–C) groups is 1. The van der Waals surface area contributed by atoms with E-state index in [0.29, 0.717) is 13.1 Å². The number of hydrogen-bond acceptors (Lipinski definition) is 4. The van der Waals surface area contributed by atoms with E-state index in [1.807, 2.05) is 4.57 Å². The molecule has 1 N–H and O–H groups in total. The zero-order valence-electron chi connectivity index (χ0n) is 17.7. The molecule has 1 aromatic carbocycles. The van der Waals surface area contributed by atoms with Gasteiger partial charge in [-0.05, 0) is 50.1 Å². The number of nitrogens with one attached hydrogen (secondary N) is 1. The average Bonchev–Trinajstić information content (AvgIpc) is 3.06. The van der Waals surface area contributed by atoms with Gasteiger partial charge in [-0.2, -0.15) is 5.10 Å². The average molecular weight is 417 g/mol. The van der Waals surface area contributed by atoms with E-state index in [0.717, 1.165) is 57.1 Å². The lowest BCUT2D eigenvalue weighted by molar-refractivity contribution is 0.474. The highest BCUT2D eigenvalue weighted by Crippen LogP contribution is 2.15. The van der Waals surface area contributed by atoms with Gasteiger partial charge in [0.05, 0.1) is 0 Å². The van der Waals surface area contributed by atoms with E-state index in [9.17, 15) is 4.79 Å². The van der Waals surface area contributed by atoms with Gasteiger partial charge in [-0.1, -0.05) is 12.1 Å². The summed E-state index contributed by atoms with van der Waals surface area (Å²) in [5.74, 6) is 1.82. The number of aryl methyl sites for hydroxylation is 2. The lowest BCUT2D eigenvalue weighted by atomic mass is 10.2. The summed E-state index contributed by atoms with van der Waals surface area (Å²) in [4.78, 5) is 20.6. The molecule has 0 aliphatic carbocycles. The number of fused-ring (bicyclic) bond motifs is 1. The molecule has 0 saturated carbocycles.